The molecule has 2 fully saturated rings. The number of halogens is 2. The molecule has 4 rings (SSSR count). The van der Waals surface area contributed by atoms with E-state index in [1.165, 1.54) is 5.56 Å². The number of piperidine rings is 1. The maximum absolute atomic E-state index is 12.3. The number of ether oxygens (including phenoxy) is 1. The van der Waals surface area contributed by atoms with E-state index < -0.39 is 0 Å². The fourth-order valence-electron chi connectivity index (χ4n) is 4.11. The maximum atomic E-state index is 12.3. The highest BCUT2D eigenvalue weighted by molar-refractivity contribution is 5.94. The van der Waals surface area contributed by atoms with Gasteiger partial charge < -0.3 is 20.3 Å². The molecule has 7 heteroatoms. The number of carbonyl (C=O) groups is 1. The van der Waals surface area contributed by atoms with E-state index >= 15 is 0 Å². The highest BCUT2D eigenvalue weighted by Gasteiger charge is 2.21. The Balaban J connectivity index is 0.00000171. The summed E-state index contributed by atoms with van der Waals surface area (Å²) in [5.41, 5.74) is 2.10. The van der Waals surface area contributed by atoms with Gasteiger partial charge in [0.25, 0.3) is 5.91 Å². The molecule has 0 bridgehead atoms. The second kappa shape index (κ2) is 12.9. The largest absolute Gasteiger partial charge is 0.490 e. The van der Waals surface area contributed by atoms with Crippen molar-refractivity contribution < 1.29 is 9.53 Å². The molecule has 31 heavy (non-hydrogen) atoms. The molecule has 2 N–H and O–H groups in total. The summed E-state index contributed by atoms with van der Waals surface area (Å²) < 4.78 is 6.17. The quantitative estimate of drug-likeness (QED) is 0.654. The fraction of sp³-hybridized carbons (Fsp3) is 0.458. The molecule has 2 saturated heterocycles. The monoisotopic (exact) mass is 465 g/mol. The van der Waals surface area contributed by atoms with E-state index in [1.807, 2.05) is 24.3 Å². The van der Waals surface area contributed by atoms with Crippen LogP contribution in [-0.2, 0) is 6.42 Å². The van der Waals surface area contributed by atoms with Crippen LogP contribution in [0.5, 0.6) is 5.75 Å². The summed E-state index contributed by atoms with van der Waals surface area (Å²) in [7, 11) is 0. The van der Waals surface area contributed by atoms with Crippen LogP contribution in [0.25, 0.3) is 0 Å². The zero-order valence-electron chi connectivity index (χ0n) is 17.8. The molecule has 0 radical (unpaired) electrons. The van der Waals surface area contributed by atoms with Crippen molar-refractivity contribution in [3.8, 4) is 5.75 Å². The first-order valence-corrected chi connectivity index (χ1v) is 10.8. The Hall–Kier alpha value is -1.79. The van der Waals surface area contributed by atoms with Crippen LogP contribution in [0.3, 0.4) is 0 Å². The third-order valence-electron chi connectivity index (χ3n) is 5.91. The smallest absolute Gasteiger partial charge is 0.251 e. The third-order valence-corrected chi connectivity index (χ3v) is 5.91. The molecule has 2 aromatic rings. The third kappa shape index (κ3) is 7.69. The van der Waals surface area contributed by atoms with Crippen molar-refractivity contribution in [2.45, 2.75) is 37.8 Å². The van der Waals surface area contributed by atoms with Crippen LogP contribution in [-0.4, -0.2) is 55.7 Å². The van der Waals surface area contributed by atoms with Crippen LogP contribution in [0.1, 0.15) is 35.2 Å². The summed E-state index contributed by atoms with van der Waals surface area (Å²) in [6, 6.07) is 18.5. The Kier molecular flexibility index (Phi) is 10.6. The highest BCUT2D eigenvalue weighted by Crippen LogP contribution is 2.20. The van der Waals surface area contributed by atoms with Gasteiger partial charge in [0.1, 0.15) is 11.9 Å². The van der Waals surface area contributed by atoms with E-state index in [-0.39, 0.29) is 42.9 Å². The van der Waals surface area contributed by atoms with Crippen molar-refractivity contribution in [2.75, 3.05) is 32.7 Å². The fourth-order valence-corrected chi connectivity index (χ4v) is 4.11. The molecule has 0 spiro atoms. The standard InChI is InChI=1S/C24H31N3O2.2ClH/c28-24(26-21-10-14-25-18-21)20-6-8-22(9-7-20)29-23-12-16-27(17-13-23)15-11-19-4-2-1-3-5-19;;/h1-9,21,23,25H,10-18H2,(H,26,28);2*1H/t21-;;/m1../s1. The van der Waals surface area contributed by atoms with Crippen LogP contribution in [0, 0.1) is 0 Å². The lowest BCUT2D eigenvalue weighted by Gasteiger charge is -2.32. The van der Waals surface area contributed by atoms with Crippen molar-refractivity contribution in [1.29, 1.82) is 0 Å². The number of likely N-dealkylation sites (tertiary alicyclic amines) is 1. The SMILES string of the molecule is Cl.Cl.O=C(N[C@@H]1CCNC1)c1ccc(OC2CCN(CCc3ccccc3)CC2)cc1. The lowest BCUT2D eigenvalue weighted by molar-refractivity contribution is 0.0939. The minimum absolute atomic E-state index is 0. The zero-order chi connectivity index (χ0) is 19.9. The number of nitrogens with one attached hydrogen (secondary N) is 2. The Morgan fingerprint density at radius 1 is 1.00 bits per heavy atom. The van der Waals surface area contributed by atoms with Crippen LogP contribution < -0.4 is 15.4 Å². The second-order valence-corrected chi connectivity index (χ2v) is 8.08. The first kappa shape index (κ1) is 25.5. The lowest BCUT2D eigenvalue weighted by atomic mass is 10.1. The van der Waals surface area contributed by atoms with Gasteiger partial charge in [-0.05, 0) is 62.1 Å². The molecule has 2 aromatic carbocycles. The molecule has 1 atom stereocenters. The zero-order valence-corrected chi connectivity index (χ0v) is 19.4. The number of amides is 1. The summed E-state index contributed by atoms with van der Waals surface area (Å²) >= 11 is 0. The predicted molar refractivity (Wildman–Crippen MR) is 130 cm³/mol. The summed E-state index contributed by atoms with van der Waals surface area (Å²) in [6.07, 6.45) is 4.45. The van der Waals surface area contributed by atoms with Gasteiger partial charge in [-0.1, -0.05) is 30.3 Å². The molecule has 0 aromatic heterocycles. The normalized spacial score (nSPS) is 19.2. The van der Waals surface area contributed by atoms with Gasteiger partial charge in [0, 0.05) is 37.8 Å². The molecule has 2 heterocycles. The lowest BCUT2D eigenvalue weighted by Crippen LogP contribution is -2.39. The minimum atomic E-state index is -0.00280. The Bertz CT molecular complexity index is 775. The van der Waals surface area contributed by atoms with E-state index in [9.17, 15) is 4.79 Å². The minimum Gasteiger partial charge on any atom is -0.490 e. The molecule has 0 unspecified atom stereocenters. The van der Waals surface area contributed by atoms with Gasteiger partial charge in [0.15, 0.2) is 0 Å². The van der Waals surface area contributed by atoms with Gasteiger partial charge in [-0.2, -0.15) is 0 Å². The van der Waals surface area contributed by atoms with E-state index in [0.29, 0.717) is 5.56 Å². The summed E-state index contributed by atoms with van der Waals surface area (Å²) in [6.45, 7) is 5.09. The van der Waals surface area contributed by atoms with Crippen molar-refractivity contribution in [2.24, 2.45) is 0 Å². The number of nitrogens with zero attached hydrogens (tertiary/aromatic N) is 1. The molecule has 1 amide bonds. The molecule has 170 valence electrons. The van der Waals surface area contributed by atoms with Crippen LogP contribution in [0.4, 0.5) is 0 Å². The van der Waals surface area contributed by atoms with Crippen molar-refractivity contribution in [1.82, 2.24) is 15.5 Å². The number of hydrogen-bond acceptors (Lipinski definition) is 4. The van der Waals surface area contributed by atoms with Gasteiger partial charge in [-0.3, -0.25) is 4.79 Å². The first-order chi connectivity index (χ1) is 14.3. The van der Waals surface area contributed by atoms with Crippen LogP contribution in [0.15, 0.2) is 54.6 Å². The van der Waals surface area contributed by atoms with Crippen LogP contribution >= 0.6 is 24.8 Å². The van der Waals surface area contributed by atoms with E-state index in [1.54, 1.807) is 0 Å². The number of hydrogen-bond donors (Lipinski definition) is 2. The van der Waals surface area contributed by atoms with Crippen molar-refractivity contribution in [3.63, 3.8) is 0 Å². The van der Waals surface area contributed by atoms with Gasteiger partial charge in [0.2, 0.25) is 0 Å². The van der Waals surface area contributed by atoms with Crippen LogP contribution in [0.2, 0.25) is 0 Å². The molecular formula is C24H33Cl2N3O2. The predicted octanol–water partition coefficient (Wildman–Crippen LogP) is 3.71. The first-order valence-electron chi connectivity index (χ1n) is 10.8. The van der Waals surface area contributed by atoms with Gasteiger partial charge >= 0.3 is 0 Å². The Morgan fingerprint density at radius 2 is 1.71 bits per heavy atom. The maximum Gasteiger partial charge on any atom is 0.251 e. The second-order valence-electron chi connectivity index (χ2n) is 8.08. The highest BCUT2D eigenvalue weighted by atomic mass is 35.5. The Labute approximate surface area is 197 Å². The summed E-state index contributed by atoms with van der Waals surface area (Å²) in [4.78, 5) is 14.8. The topological polar surface area (TPSA) is 53.6 Å². The average Bonchev–Trinajstić information content (AvgIpc) is 3.27. The van der Waals surface area contributed by atoms with Crippen molar-refractivity contribution >= 4 is 30.7 Å². The van der Waals surface area contributed by atoms with Gasteiger partial charge in [0.05, 0.1) is 0 Å². The van der Waals surface area contributed by atoms with Crippen molar-refractivity contribution in [3.05, 3.63) is 65.7 Å². The van der Waals surface area contributed by atoms with E-state index in [4.69, 9.17) is 4.74 Å². The number of benzene rings is 2. The molecule has 0 saturated carbocycles. The molecule has 5 nitrogen and oxygen atoms in total. The molecule has 0 aliphatic carbocycles. The number of carbonyl (C=O) groups excluding carboxylic acids is 1. The summed E-state index contributed by atoms with van der Waals surface area (Å²) in [5.74, 6) is 0.851. The molecular weight excluding hydrogens is 433 g/mol. The van der Waals surface area contributed by atoms with E-state index in [0.717, 1.165) is 64.2 Å². The van der Waals surface area contributed by atoms with Gasteiger partial charge in [-0.15, -0.1) is 24.8 Å². The Morgan fingerprint density at radius 3 is 2.35 bits per heavy atom. The summed E-state index contributed by atoms with van der Waals surface area (Å²) in [5, 5.41) is 6.34. The molecule has 2 aliphatic heterocycles. The van der Waals surface area contributed by atoms with Gasteiger partial charge in [-0.25, -0.2) is 0 Å². The number of rotatable bonds is 7. The molecule has 2 aliphatic rings. The van der Waals surface area contributed by atoms with E-state index in [2.05, 4.69) is 45.9 Å². The average molecular weight is 466 g/mol.